The summed E-state index contributed by atoms with van der Waals surface area (Å²) >= 11 is 11.8. The van der Waals surface area contributed by atoms with Crippen LogP contribution in [0.4, 0.5) is 0 Å². The van der Waals surface area contributed by atoms with Crippen molar-refractivity contribution in [3.63, 3.8) is 0 Å². The van der Waals surface area contributed by atoms with Crippen LogP contribution in [0.15, 0.2) is 18.2 Å². The molecule has 5 heteroatoms. The highest BCUT2D eigenvalue weighted by Crippen LogP contribution is 2.28. The number of halogens is 2. The molecule has 0 bridgehead atoms. The molecule has 0 saturated heterocycles. The van der Waals surface area contributed by atoms with Crippen molar-refractivity contribution in [3.05, 3.63) is 28.2 Å². The molecule has 3 nitrogen and oxygen atoms in total. The number of benzene rings is 1. The Morgan fingerprint density at radius 3 is 2.53 bits per heavy atom. The number of carbonyl (C=O) groups is 1. The molecular weight excluding hydrogens is 287 g/mol. The zero-order valence-electron chi connectivity index (χ0n) is 11.3. The Bertz CT molecular complexity index is 433. The third-order valence-electron chi connectivity index (χ3n) is 2.36. The van der Waals surface area contributed by atoms with Crippen molar-refractivity contribution < 1.29 is 14.3 Å². The van der Waals surface area contributed by atoms with Crippen molar-refractivity contribution in [2.24, 2.45) is 5.92 Å². The summed E-state index contributed by atoms with van der Waals surface area (Å²) in [5, 5.41) is 0.899. The van der Waals surface area contributed by atoms with Crippen LogP contribution in [0.5, 0.6) is 5.75 Å². The molecule has 1 atom stereocenters. The lowest BCUT2D eigenvalue weighted by Crippen LogP contribution is -2.29. The van der Waals surface area contributed by atoms with E-state index in [2.05, 4.69) is 0 Å². The molecular formula is C14H18Cl2O3. The van der Waals surface area contributed by atoms with Crippen LogP contribution in [-0.2, 0) is 9.53 Å². The van der Waals surface area contributed by atoms with Crippen molar-refractivity contribution in [2.45, 2.75) is 33.3 Å². The number of ether oxygens (including phenoxy) is 2. The summed E-state index contributed by atoms with van der Waals surface area (Å²) in [6.07, 6.45) is -0.145. The maximum Gasteiger partial charge on any atom is 0.347 e. The number of hydrogen-bond acceptors (Lipinski definition) is 3. The predicted molar refractivity (Wildman–Crippen MR) is 77.0 cm³/mol. The van der Waals surface area contributed by atoms with Gasteiger partial charge in [-0.15, -0.1) is 0 Å². The van der Waals surface area contributed by atoms with E-state index >= 15 is 0 Å². The highest BCUT2D eigenvalue weighted by molar-refractivity contribution is 6.35. The molecule has 0 aliphatic heterocycles. The molecule has 1 rings (SSSR count). The van der Waals surface area contributed by atoms with Crippen LogP contribution in [0.2, 0.25) is 10.0 Å². The predicted octanol–water partition coefficient (Wildman–Crippen LogP) is 4.35. The van der Waals surface area contributed by atoms with Gasteiger partial charge in [-0.2, -0.15) is 0 Å². The summed E-state index contributed by atoms with van der Waals surface area (Å²) in [6, 6.07) is 4.88. The van der Waals surface area contributed by atoms with Gasteiger partial charge in [0.25, 0.3) is 0 Å². The van der Waals surface area contributed by atoms with Crippen LogP contribution in [0.1, 0.15) is 27.2 Å². The Hall–Kier alpha value is -0.930. The highest BCUT2D eigenvalue weighted by Gasteiger charge is 2.21. The van der Waals surface area contributed by atoms with E-state index in [9.17, 15) is 4.79 Å². The molecule has 1 aromatic rings. The maximum atomic E-state index is 11.8. The quantitative estimate of drug-likeness (QED) is 0.733. The van der Waals surface area contributed by atoms with Gasteiger partial charge >= 0.3 is 5.97 Å². The topological polar surface area (TPSA) is 35.5 Å². The first-order chi connectivity index (χ1) is 8.93. The van der Waals surface area contributed by atoms with E-state index in [0.717, 1.165) is 0 Å². The number of esters is 1. The van der Waals surface area contributed by atoms with Gasteiger partial charge in [-0.05, 0) is 30.5 Å². The first-order valence-electron chi connectivity index (χ1n) is 6.22. The molecule has 0 aliphatic rings. The molecule has 0 amide bonds. The second-order valence-electron chi connectivity index (χ2n) is 4.61. The molecule has 0 fully saturated rings. The van der Waals surface area contributed by atoms with Crippen molar-refractivity contribution in [1.29, 1.82) is 0 Å². The van der Waals surface area contributed by atoms with Crippen LogP contribution < -0.4 is 4.74 Å². The second-order valence-corrected chi connectivity index (χ2v) is 5.46. The minimum absolute atomic E-state index is 0.292. The van der Waals surface area contributed by atoms with Crippen molar-refractivity contribution in [2.75, 3.05) is 6.61 Å². The van der Waals surface area contributed by atoms with Gasteiger partial charge in [-0.3, -0.25) is 0 Å². The van der Waals surface area contributed by atoms with Gasteiger partial charge in [0.05, 0.1) is 11.6 Å². The third kappa shape index (κ3) is 5.29. The van der Waals surface area contributed by atoms with Crippen molar-refractivity contribution >= 4 is 29.2 Å². The minimum Gasteiger partial charge on any atom is -0.477 e. The monoisotopic (exact) mass is 304 g/mol. The van der Waals surface area contributed by atoms with E-state index in [0.29, 0.717) is 34.7 Å². The fourth-order valence-corrected chi connectivity index (χ4v) is 1.82. The fourth-order valence-electron chi connectivity index (χ4n) is 1.36. The summed E-state index contributed by atoms with van der Waals surface area (Å²) in [6.45, 7) is 6.19. The molecule has 0 aromatic heterocycles. The van der Waals surface area contributed by atoms with Gasteiger partial charge in [0, 0.05) is 5.02 Å². The minimum atomic E-state index is -0.655. The molecule has 0 heterocycles. The lowest BCUT2D eigenvalue weighted by molar-refractivity contribution is -0.153. The van der Waals surface area contributed by atoms with E-state index in [-0.39, 0.29) is 5.97 Å². The van der Waals surface area contributed by atoms with Crippen LogP contribution >= 0.6 is 23.2 Å². The van der Waals surface area contributed by atoms with Crippen LogP contribution in [0.25, 0.3) is 0 Å². The molecule has 0 radical (unpaired) electrons. The smallest absolute Gasteiger partial charge is 0.347 e. The Morgan fingerprint density at radius 2 is 2.00 bits per heavy atom. The summed E-state index contributed by atoms with van der Waals surface area (Å²) in [5.74, 6) is 0.349. The molecule has 0 saturated carbocycles. The molecule has 0 aliphatic carbocycles. The summed E-state index contributed by atoms with van der Waals surface area (Å²) < 4.78 is 10.7. The largest absolute Gasteiger partial charge is 0.477 e. The molecule has 106 valence electrons. The average Bonchev–Trinajstić information content (AvgIpc) is 2.35. The SMILES string of the molecule is CCC(Oc1ccc(Cl)cc1Cl)C(=O)OCC(C)C. The normalized spacial score (nSPS) is 12.3. The summed E-state index contributed by atoms with van der Waals surface area (Å²) in [5.41, 5.74) is 0. The Morgan fingerprint density at radius 1 is 1.32 bits per heavy atom. The Kier molecular flexibility index (Phi) is 6.46. The summed E-state index contributed by atoms with van der Waals surface area (Å²) in [4.78, 5) is 11.8. The highest BCUT2D eigenvalue weighted by atomic mass is 35.5. The lowest BCUT2D eigenvalue weighted by atomic mass is 10.2. The van der Waals surface area contributed by atoms with E-state index in [4.69, 9.17) is 32.7 Å². The number of hydrogen-bond donors (Lipinski definition) is 0. The zero-order chi connectivity index (χ0) is 14.4. The molecule has 19 heavy (non-hydrogen) atoms. The average molecular weight is 305 g/mol. The zero-order valence-corrected chi connectivity index (χ0v) is 12.8. The first kappa shape index (κ1) is 16.1. The lowest BCUT2D eigenvalue weighted by Gasteiger charge is -2.18. The second kappa shape index (κ2) is 7.61. The van der Waals surface area contributed by atoms with Crippen LogP contribution in [0, 0.1) is 5.92 Å². The van der Waals surface area contributed by atoms with Gasteiger partial charge in [0.15, 0.2) is 6.10 Å². The Labute approximate surface area is 123 Å². The third-order valence-corrected chi connectivity index (χ3v) is 2.89. The van der Waals surface area contributed by atoms with E-state index in [1.807, 2.05) is 20.8 Å². The van der Waals surface area contributed by atoms with Crippen molar-refractivity contribution in [1.82, 2.24) is 0 Å². The summed E-state index contributed by atoms with van der Waals surface area (Å²) in [7, 11) is 0. The van der Waals surface area contributed by atoms with Gasteiger partial charge in [-0.25, -0.2) is 4.79 Å². The molecule has 0 N–H and O–H groups in total. The van der Waals surface area contributed by atoms with E-state index in [1.165, 1.54) is 0 Å². The molecule has 1 aromatic carbocycles. The fraction of sp³-hybridized carbons (Fsp3) is 0.500. The van der Waals surface area contributed by atoms with Gasteiger partial charge in [0.1, 0.15) is 5.75 Å². The number of rotatable bonds is 6. The van der Waals surface area contributed by atoms with Gasteiger partial charge in [-0.1, -0.05) is 44.0 Å². The first-order valence-corrected chi connectivity index (χ1v) is 6.98. The van der Waals surface area contributed by atoms with Gasteiger partial charge < -0.3 is 9.47 Å². The van der Waals surface area contributed by atoms with Crippen LogP contribution in [0.3, 0.4) is 0 Å². The van der Waals surface area contributed by atoms with Crippen LogP contribution in [-0.4, -0.2) is 18.7 Å². The van der Waals surface area contributed by atoms with E-state index in [1.54, 1.807) is 18.2 Å². The standard InChI is InChI=1S/C14H18Cl2O3/c1-4-12(14(17)18-8-9(2)3)19-13-6-5-10(15)7-11(13)16/h5-7,9,12H,4,8H2,1-3H3. The Balaban J connectivity index is 2.68. The van der Waals surface area contributed by atoms with E-state index < -0.39 is 6.10 Å². The maximum absolute atomic E-state index is 11.8. The number of carbonyl (C=O) groups excluding carboxylic acids is 1. The molecule has 0 spiro atoms. The van der Waals surface area contributed by atoms with Crippen molar-refractivity contribution in [3.8, 4) is 5.75 Å². The van der Waals surface area contributed by atoms with Gasteiger partial charge in [0.2, 0.25) is 0 Å². The molecule has 1 unspecified atom stereocenters.